The Labute approximate surface area is 104 Å². The molecule has 1 fully saturated rings. The van der Waals surface area contributed by atoms with Crippen LogP contribution in [0.15, 0.2) is 41.4 Å². The van der Waals surface area contributed by atoms with E-state index in [1.54, 1.807) is 0 Å². The summed E-state index contributed by atoms with van der Waals surface area (Å²) in [6.45, 7) is 4.22. The molecule has 0 unspecified atom stereocenters. The first-order valence-corrected chi connectivity index (χ1v) is 6.18. The zero-order valence-corrected chi connectivity index (χ0v) is 10.6. The highest BCUT2D eigenvalue weighted by Crippen LogP contribution is 2.29. The molecule has 2 rings (SSSR count). The van der Waals surface area contributed by atoms with Gasteiger partial charge in [0, 0.05) is 17.1 Å². The molecule has 0 saturated heterocycles. The Bertz CT molecular complexity index is 412. The van der Waals surface area contributed by atoms with E-state index in [4.69, 9.17) is 0 Å². The highest BCUT2D eigenvalue weighted by Gasteiger charge is 2.31. The van der Waals surface area contributed by atoms with Crippen molar-refractivity contribution in [3.8, 4) is 0 Å². The van der Waals surface area contributed by atoms with E-state index in [2.05, 4.69) is 22.5 Å². The molecule has 0 aliphatic heterocycles. The number of carbonyl (C=O) groups excluding carboxylic acids is 1. The molecule has 0 heterocycles. The largest absolute Gasteiger partial charge is 0.332 e. The van der Waals surface area contributed by atoms with Crippen LogP contribution in [0.1, 0.15) is 18.4 Å². The number of carbonyl (C=O) groups is 1. The summed E-state index contributed by atoms with van der Waals surface area (Å²) in [5.41, 5.74) is 1.14. The lowest BCUT2D eigenvalue weighted by Gasteiger charge is -2.21. The molecule has 0 bridgehead atoms. The maximum absolute atomic E-state index is 11.7. The number of nitrogens with zero attached hydrogens (tertiary/aromatic N) is 1. The van der Waals surface area contributed by atoms with E-state index in [9.17, 15) is 4.79 Å². The first-order valence-electron chi connectivity index (χ1n) is 5.39. The Morgan fingerprint density at radius 1 is 1.50 bits per heavy atom. The van der Waals surface area contributed by atoms with E-state index in [0.717, 1.165) is 22.9 Å². The standard InChI is InChI=1S/C13H14BrNO/c1-2-13(16)15(11-7-8-11)9-10-5-3-4-6-12(10)14/h2-6,11H,1,7-9H2. The van der Waals surface area contributed by atoms with Crippen LogP contribution in [-0.2, 0) is 11.3 Å². The highest BCUT2D eigenvalue weighted by atomic mass is 79.9. The molecule has 1 saturated carbocycles. The molecule has 3 heteroatoms. The summed E-state index contributed by atoms with van der Waals surface area (Å²) < 4.78 is 1.05. The molecular weight excluding hydrogens is 266 g/mol. The zero-order valence-electron chi connectivity index (χ0n) is 9.03. The molecule has 1 aliphatic carbocycles. The van der Waals surface area contributed by atoms with Gasteiger partial charge in [-0.15, -0.1) is 0 Å². The summed E-state index contributed by atoms with van der Waals surface area (Å²) in [4.78, 5) is 13.6. The third-order valence-corrected chi connectivity index (χ3v) is 3.52. The Kier molecular flexibility index (Phi) is 3.44. The van der Waals surface area contributed by atoms with Gasteiger partial charge in [-0.3, -0.25) is 4.79 Å². The van der Waals surface area contributed by atoms with Crippen LogP contribution < -0.4 is 0 Å². The number of rotatable bonds is 4. The fourth-order valence-electron chi connectivity index (χ4n) is 1.70. The maximum Gasteiger partial charge on any atom is 0.246 e. The van der Waals surface area contributed by atoms with Crippen molar-refractivity contribution >= 4 is 21.8 Å². The van der Waals surface area contributed by atoms with Gasteiger partial charge in [-0.1, -0.05) is 40.7 Å². The van der Waals surface area contributed by atoms with Crippen LogP contribution in [0.2, 0.25) is 0 Å². The highest BCUT2D eigenvalue weighted by molar-refractivity contribution is 9.10. The second-order valence-corrected chi connectivity index (χ2v) is 4.85. The molecule has 1 amide bonds. The van der Waals surface area contributed by atoms with Crippen molar-refractivity contribution in [2.45, 2.75) is 25.4 Å². The lowest BCUT2D eigenvalue weighted by Crippen LogP contribution is -2.31. The van der Waals surface area contributed by atoms with E-state index in [1.165, 1.54) is 6.08 Å². The van der Waals surface area contributed by atoms with Crippen LogP contribution in [-0.4, -0.2) is 16.8 Å². The van der Waals surface area contributed by atoms with E-state index < -0.39 is 0 Å². The first-order chi connectivity index (χ1) is 7.72. The number of hydrogen-bond acceptors (Lipinski definition) is 1. The van der Waals surface area contributed by atoms with Crippen molar-refractivity contribution in [2.24, 2.45) is 0 Å². The lowest BCUT2D eigenvalue weighted by atomic mass is 10.2. The average molecular weight is 280 g/mol. The normalized spacial score (nSPS) is 14.6. The van der Waals surface area contributed by atoms with Crippen molar-refractivity contribution in [1.29, 1.82) is 0 Å². The van der Waals surface area contributed by atoms with Crippen molar-refractivity contribution in [3.63, 3.8) is 0 Å². The molecule has 0 atom stereocenters. The molecule has 1 aromatic carbocycles. The number of halogens is 1. The number of hydrogen-bond donors (Lipinski definition) is 0. The Hall–Kier alpha value is -1.09. The minimum absolute atomic E-state index is 0.0262. The Morgan fingerprint density at radius 3 is 2.75 bits per heavy atom. The van der Waals surface area contributed by atoms with Crippen LogP contribution in [0.25, 0.3) is 0 Å². The summed E-state index contributed by atoms with van der Waals surface area (Å²) >= 11 is 3.50. The third-order valence-electron chi connectivity index (χ3n) is 2.74. The smallest absolute Gasteiger partial charge is 0.246 e. The molecule has 0 radical (unpaired) electrons. The van der Waals surface area contributed by atoms with Gasteiger partial charge in [-0.25, -0.2) is 0 Å². The van der Waals surface area contributed by atoms with E-state index in [0.29, 0.717) is 12.6 Å². The number of benzene rings is 1. The minimum atomic E-state index is 0.0262. The van der Waals surface area contributed by atoms with Gasteiger partial charge >= 0.3 is 0 Å². The van der Waals surface area contributed by atoms with Crippen LogP contribution in [0, 0.1) is 0 Å². The predicted octanol–water partition coefficient (Wildman–Crippen LogP) is 3.13. The lowest BCUT2D eigenvalue weighted by molar-refractivity contribution is -0.127. The van der Waals surface area contributed by atoms with Crippen molar-refractivity contribution in [2.75, 3.05) is 0 Å². The van der Waals surface area contributed by atoms with Crippen LogP contribution in [0.5, 0.6) is 0 Å². The van der Waals surface area contributed by atoms with E-state index in [-0.39, 0.29) is 5.91 Å². The molecule has 84 valence electrons. The molecule has 2 nitrogen and oxygen atoms in total. The number of amides is 1. The van der Waals surface area contributed by atoms with Gasteiger partial charge in [0.15, 0.2) is 0 Å². The third kappa shape index (κ3) is 2.53. The van der Waals surface area contributed by atoms with Gasteiger partial charge in [0.25, 0.3) is 0 Å². The van der Waals surface area contributed by atoms with Crippen molar-refractivity contribution in [1.82, 2.24) is 4.90 Å². The molecule has 0 aromatic heterocycles. The second kappa shape index (κ2) is 4.83. The van der Waals surface area contributed by atoms with Gasteiger partial charge in [0.1, 0.15) is 0 Å². The van der Waals surface area contributed by atoms with Gasteiger partial charge in [-0.05, 0) is 30.5 Å². The van der Waals surface area contributed by atoms with Gasteiger partial charge in [0.2, 0.25) is 5.91 Å². The van der Waals surface area contributed by atoms with Gasteiger partial charge in [-0.2, -0.15) is 0 Å². The predicted molar refractivity (Wildman–Crippen MR) is 67.9 cm³/mol. The molecule has 1 aliphatic rings. The maximum atomic E-state index is 11.7. The summed E-state index contributed by atoms with van der Waals surface area (Å²) in [6, 6.07) is 8.42. The SMILES string of the molecule is C=CC(=O)N(Cc1ccccc1Br)C1CC1. The van der Waals surface area contributed by atoms with Crippen molar-refractivity contribution in [3.05, 3.63) is 47.0 Å². The summed E-state index contributed by atoms with van der Waals surface area (Å²) in [7, 11) is 0. The Balaban J connectivity index is 2.14. The second-order valence-electron chi connectivity index (χ2n) is 3.99. The van der Waals surface area contributed by atoms with Crippen molar-refractivity contribution < 1.29 is 4.79 Å². The fourth-order valence-corrected chi connectivity index (χ4v) is 2.11. The zero-order chi connectivity index (χ0) is 11.5. The molecular formula is C13H14BrNO. The summed E-state index contributed by atoms with van der Waals surface area (Å²) in [5.74, 6) is 0.0262. The van der Waals surface area contributed by atoms with Crippen LogP contribution in [0.4, 0.5) is 0 Å². The van der Waals surface area contributed by atoms with Gasteiger partial charge < -0.3 is 4.90 Å². The van der Waals surface area contributed by atoms with Crippen LogP contribution >= 0.6 is 15.9 Å². The molecule has 1 aromatic rings. The van der Waals surface area contributed by atoms with E-state index >= 15 is 0 Å². The molecule has 16 heavy (non-hydrogen) atoms. The average Bonchev–Trinajstić information content (AvgIpc) is 3.11. The fraction of sp³-hybridized carbons (Fsp3) is 0.308. The quantitative estimate of drug-likeness (QED) is 0.776. The summed E-state index contributed by atoms with van der Waals surface area (Å²) in [5, 5.41) is 0. The Morgan fingerprint density at radius 2 is 2.19 bits per heavy atom. The monoisotopic (exact) mass is 279 g/mol. The van der Waals surface area contributed by atoms with Crippen LogP contribution in [0.3, 0.4) is 0 Å². The first kappa shape index (κ1) is 11.4. The van der Waals surface area contributed by atoms with Gasteiger partial charge in [0.05, 0.1) is 0 Å². The van der Waals surface area contributed by atoms with E-state index in [1.807, 2.05) is 29.2 Å². The molecule has 0 N–H and O–H groups in total. The minimum Gasteiger partial charge on any atom is -0.332 e. The summed E-state index contributed by atoms with van der Waals surface area (Å²) in [6.07, 6.45) is 3.63. The molecule has 0 spiro atoms. The topological polar surface area (TPSA) is 20.3 Å².